The molecule has 0 radical (unpaired) electrons. The van der Waals surface area contributed by atoms with Gasteiger partial charge in [-0.1, -0.05) is 18.2 Å². The zero-order chi connectivity index (χ0) is 16.2. The Kier molecular flexibility index (Phi) is 4.93. The van der Waals surface area contributed by atoms with Gasteiger partial charge in [0.05, 0.1) is 18.2 Å². The molecule has 0 bridgehead atoms. The summed E-state index contributed by atoms with van der Waals surface area (Å²) in [6, 6.07) is 8.17. The van der Waals surface area contributed by atoms with Crippen LogP contribution in [0.5, 0.6) is 0 Å². The minimum absolute atomic E-state index is 0.140. The van der Waals surface area contributed by atoms with Crippen molar-refractivity contribution in [2.75, 3.05) is 26.2 Å². The van der Waals surface area contributed by atoms with Crippen LogP contribution in [0.2, 0.25) is 0 Å². The molecule has 3 rings (SSSR count). The van der Waals surface area contributed by atoms with Gasteiger partial charge in [0.1, 0.15) is 0 Å². The van der Waals surface area contributed by atoms with Gasteiger partial charge in [-0.25, -0.2) is 0 Å². The summed E-state index contributed by atoms with van der Waals surface area (Å²) < 4.78 is 5.79. The van der Waals surface area contributed by atoms with Crippen molar-refractivity contribution in [2.24, 2.45) is 0 Å². The van der Waals surface area contributed by atoms with Crippen LogP contribution in [-0.2, 0) is 4.74 Å². The average Bonchev–Trinajstić information content (AvgIpc) is 2.99. The third kappa shape index (κ3) is 3.71. The van der Waals surface area contributed by atoms with E-state index in [1.54, 1.807) is 0 Å². The molecule has 1 saturated heterocycles. The van der Waals surface area contributed by atoms with E-state index in [1.807, 2.05) is 24.3 Å². The molecule has 1 aliphatic rings. The fourth-order valence-corrected chi connectivity index (χ4v) is 2.95. The summed E-state index contributed by atoms with van der Waals surface area (Å²) in [5, 5.41) is 10.8. The van der Waals surface area contributed by atoms with E-state index in [2.05, 4.69) is 34.3 Å². The van der Waals surface area contributed by atoms with Crippen molar-refractivity contribution in [1.82, 2.24) is 20.4 Å². The minimum Gasteiger partial charge on any atom is -0.375 e. The first-order valence-electron chi connectivity index (χ1n) is 8.22. The number of carbonyl (C=O) groups excluding carboxylic acids is 1. The van der Waals surface area contributed by atoms with E-state index < -0.39 is 0 Å². The molecule has 2 aromatic rings. The Morgan fingerprint density at radius 3 is 3.13 bits per heavy atom. The molecule has 2 N–H and O–H groups in total. The number of para-hydroxylation sites is 1. The topological polar surface area (TPSA) is 70.2 Å². The summed E-state index contributed by atoms with van der Waals surface area (Å²) in [6.07, 6.45) is 1.000. The predicted octanol–water partition coefficient (Wildman–Crippen LogP) is 1.79. The fraction of sp³-hybridized carbons (Fsp3) is 0.529. The standard InChI is InChI=1S/C17H24N4O2/c1-12(2)21-9-10-23-13(11-21)7-8-18-17(22)16-14-5-3-4-6-15(14)19-20-16/h3-6,12-13H,7-11H2,1-2H3,(H,18,22)(H,19,20)/t13-/m1/s1. The zero-order valence-electron chi connectivity index (χ0n) is 13.7. The number of morpholine rings is 1. The Bertz CT molecular complexity index is 667. The van der Waals surface area contributed by atoms with Crippen LogP contribution in [0.1, 0.15) is 30.8 Å². The van der Waals surface area contributed by atoms with Gasteiger partial charge in [-0.3, -0.25) is 14.8 Å². The van der Waals surface area contributed by atoms with E-state index in [4.69, 9.17) is 4.74 Å². The highest BCUT2D eigenvalue weighted by Gasteiger charge is 2.22. The van der Waals surface area contributed by atoms with E-state index in [0.717, 1.165) is 37.0 Å². The summed E-state index contributed by atoms with van der Waals surface area (Å²) in [6.45, 7) is 7.68. The Labute approximate surface area is 136 Å². The van der Waals surface area contributed by atoms with Gasteiger partial charge in [0, 0.05) is 31.1 Å². The maximum Gasteiger partial charge on any atom is 0.272 e. The lowest BCUT2D eigenvalue weighted by Crippen LogP contribution is -2.46. The normalized spacial score (nSPS) is 19.3. The van der Waals surface area contributed by atoms with Gasteiger partial charge in [-0.2, -0.15) is 5.10 Å². The predicted molar refractivity (Wildman–Crippen MR) is 89.5 cm³/mol. The molecular formula is C17H24N4O2. The van der Waals surface area contributed by atoms with Crippen LogP contribution in [0.25, 0.3) is 10.9 Å². The van der Waals surface area contributed by atoms with Crippen LogP contribution >= 0.6 is 0 Å². The SMILES string of the molecule is CC(C)N1CCO[C@H](CCNC(=O)c2n[nH]c3ccccc23)C1. The number of carbonyl (C=O) groups is 1. The number of ether oxygens (including phenoxy) is 1. The smallest absolute Gasteiger partial charge is 0.272 e. The lowest BCUT2D eigenvalue weighted by atomic mass is 10.1. The van der Waals surface area contributed by atoms with Crippen molar-refractivity contribution >= 4 is 16.8 Å². The van der Waals surface area contributed by atoms with Gasteiger partial charge in [0.15, 0.2) is 5.69 Å². The maximum absolute atomic E-state index is 12.3. The summed E-state index contributed by atoms with van der Waals surface area (Å²) in [5.74, 6) is -0.140. The lowest BCUT2D eigenvalue weighted by Gasteiger charge is -2.35. The highest BCUT2D eigenvalue weighted by molar-refractivity contribution is 6.04. The molecule has 0 saturated carbocycles. The number of aromatic nitrogens is 2. The monoisotopic (exact) mass is 316 g/mol. The number of aromatic amines is 1. The molecule has 0 aliphatic carbocycles. The molecule has 124 valence electrons. The highest BCUT2D eigenvalue weighted by atomic mass is 16.5. The van der Waals surface area contributed by atoms with Gasteiger partial charge < -0.3 is 10.1 Å². The second kappa shape index (κ2) is 7.10. The quantitative estimate of drug-likeness (QED) is 0.882. The highest BCUT2D eigenvalue weighted by Crippen LogP contribution is 2.15. The van der Waals surface area contributed by atoms with Gasteiger partial charge >= 0.3 is 0 Å². The van der Waals surface area contributed by atoms with E-state index in [9.17, 15) is 4.79 Å². The Balaban J connectivity index is 1.51. The van der Waals surface area contributed by atoms with Crippen molar-refractivity contribution < 1.29 is 9.53 Å². The molecule has 1 amide bonds. The Morgan fingerprint density at radius 2 is 2.30 bits per heavy atom. The molecule has 0 spiro atoms. The first kappa shape index (κ1) is 16.0. The average molecular weight is 316 g/mol. The van der Waals surface area contributed by atoms with Crippen molar-refractivity contribution in [2.45, 2.75) is 32.4 Å². The Hall–Kier alpha value is -1.92. The van der Waals surface area contributed by atoms with Crippen LogP contribution in [0.15, 0.2) is 24.3 Å². The Morgan fingerprint density at radius 1 is 1.48 bits per heavy atom. The van der Waals surface area contributed by atoms with Gasteiger partial charge in [-0.05, 0) is 26.3 Å². The molecule has 1 atom stereocenters. The molecule has 1 fully saturated rings. The number of hydrogen-bond acceptors (Lipinski definition) is 4. The van der Waals surface area contributed by atoms with E-state index in [-0.39, 0.29) is 12.0 Å². The van der Waals surface area contributed by atoms with Crippen molar-refractivity contribution in [1.29, 1.82) is 0 Å². The number of H-pyrrole nitrogens is 1. The molecule has 1 aromatic carbocycles. The molecular weight excluding hydrogens is 292 g/mol. The molecule has 2 heterocycles. The largest absolute Gasteiger partial charge is 0.375 e. The number of hydrogen-bond donors (Lipinski definition) is 2. The van der Waals surface area contributed by atoms with Gasteiger partial charge in [0.2, 0.25) is 0 Å². The van der Waals surface area contributed by atoms with Crippen molar-refractivity contribution in [3.05, 3.63) is 30.0 Å². The van der Waals surface area contributed by atoms with E-state index in [1.165, 1.54) is 0 Å². The van der Waals surface area contributed by atoms with Crippen molar-refractivity contribution in [3.8, 4) is 0 Å². The van der Waals surface area contributed by atoms with Gasteiger partial charge in [-0.15, -0.1) is 0 Å². The van der Waals surface area contributed by atoms with Crippen LogP contribution < -0.4 is 5.32 Å². The van der Waals surface area contributed by atoms with Crippen molar-refractivity contribution in [3.63, 3.8) is 0 Å². The summed E-state index contributed by atoms with van der Waals surface area (Å²) in [7, 11) is 0. The number of benzene rings is 1. The number of amides is 1. The van der Waals surface area contributed by atoms with Crippen LogP contribution in [0, 0.1) is 0 Å². The molecule has 1 aromatic heterocycles. The zero-order valence-corrected chi connectivity index (χ0v) is 13.7. The van der Waals surface area contributed by atoms with Crippen LogP contribution in [-0.4, -0.2) is 59.4 Å². The van der Waals surface area contributed by atoms with E-state index >= 15 is 0 Å². The number of nitrogens with one attached hydrogen (secondary N) is 2. The third-order valence-electron chi connectivity index (χ3n) is 4.34. The minimum atomic E-state index is -0.140. The summed E-state index contributed by atoms with van der Waals surface area (Å²) in [4.78, 5) is 14.7. The van der Waals surface area contributed by atoms with Crippen LogP contribution in [0.3, 0.4) is 0 Å². The number of rotatable bonds is 5. The number of fused-ring (bicyclic) bond motifs is 1. The summed E-state index contributed by atoms with van der Waals surface area (Å²) >= 11 is 0. The third-order valence-corrected chi connectivity index (χ3v) is 4.34. The molecule has 1 aliphatic heterocycles. The lowest BCUT2D eigenvalue weighted by molar-refractivity contribution is -0.0412. The fourth-order valence-electron chi connectivity index (χ4n) is 2.95. The van der Waals surface area contributed by atoms with Crippen LogP contribution in [0.4, 0.5) is 0 Å². The second-order valence-corrected chi connectivity index (χ2v) is 6.24. The number of nitrogens with zero attached hydrogens (tertiary/aromatic N) is 2. The first-order chi connectivity index (χ1) is 11.1. The maximum atomic E-state index is 12.3. The second-order valence-electron chi connectivity index (χ2n) is 6.24. The van der Waals surface area contributed by atoms with Gasteiger partial charge in [0.25, 0.3) is 5.91 Å². The molecule has 6 nitrogen and oxygen atoms in total. The molecule has 0 unspecified atom stereocenters. The summed E-state index contributed by atoms with van der Waals surface area (Å²) in [5.41, 5.74) is 1.33. The molecule has 23 heavy (non-hydrogen) atoms. The molecule has 6 heteroatoms. The first-order valence-corrected chi connectivity index (χ1v) is 8.22. The van der Waals surface area contributed by atoms with E-state index in [0.29, 0.717) is 18.3 Å².